The fourth-order valence-corrected chi connectivity index (χ4v) is 1.93. The zero-order valence-corrected chi connectivity index (χ0v) is 16.8. The van der Waals surface area contributed by atoms with E-state index in [-0.39, 0.29) is 25.5 Å². The third kappa shape index (κ3) is 11.8. The van der Waals surface area contributed by atoms with E-state index in [0.29, 0.717) is 12.2 Å². The van der Waals surface area contributed by atoms with Crippen LogP contribution in [0.3, 0.4) is 0 Å². The summed E-state index contributed by atoms with van der Waals surface area (Å²) < 4.78 is 9.97. The number of amides is 1. The SMILES string of the molecule is CC(=O)ONC(=O)OCc1ccccc1.O=[N+]([O-])c1ccc(OCCC(O)CO)cc1. The van der Waals surface area contributed by atoms with Crippen LogP contribution in [-0.2, 0) is 21.0 Å². The molecule has 0 aliphatic carbocycles. The molecule has 168 valence electrons. The van der Waals surface area contributed by atoms with Crippen molar-refractivity contribution in [2.75, 3.05) is 13.2 Å². The smallest absolute Gasteiger partial charge is 0.441 e. The number of aliphatic hydroxyl groups is 2. The molecular formula is C20H24N2O9. The molecule has 2 rings (SSSR count). The summed E-state index contributed by atoms with van der Waals surface area (Å²) in [6.07, 6.45) is -1.28. The van der Waals surface area contributed by atoms with Crippen molar-refractivity contribution in [2.45, 2.75) is 26.1 Å². The molecule has 1 atom stereocenters. The van der Waals surface area contributed by atoms with Gasteiger partial charge in [0.15, 0.2) is 0 Å². The maximum absolute atomic E-state index is 10.9. The van der Waals surface area contributed by atoms with Gasteiger partial charge in [-0.15, -0.1) is 5.48 Å². The van der Waals surface area contributed by atoms with Crippen molar-refractivity contribution in [1.29, 1.82) is 0 Å². The third-order valence-electron chi connectivity index (χ3n) is 3.47. The largest absolute Gasteiger partial charge is 0.493 e. The lowest BCUT2D eigenvalue weighted by Gasteiger charge is -2.08. The van der Waals surface area contributed by atoms with Crippen molar-refractivity contribution in [3.63, 3.8) is 0 Å². The molecule has 0 fully saturated rings. The van der Waals surface area contributed by atoms with E-state index in [1.165, 1.54) is 31.2 Å². The van der Waals surface area contributed by atoms with E-state index in [4.69, 9.17) is 19.7 Å². The quantitative estimate of drug-likeness (QED) is 0.416. The summed E-state index contributed by atoms with van der Waals surface area (Å²) >= 11 is 0. The summed E-state index contributed by atoms with van der Waals surface area (Å²) in [7, 11) is 0. The van der Waals surface area contributed by atoms with Gasteiger partial charge in [0.1, 0.15) is 12.4 Å². The minimum Gasteiger partial charge on any atom is -0.493 e. The van der Waals surface area contributed by atoms with E-state index in [1.807, 2.05) is 35.8 Å². The summed E-state index contributed by atoms with van der Waals surface area (Å²) in [5, 5.41) is 27.9. The summed E-state index contributed by atoms with van der Waals surface area (Å²) in [5.74, 6) is -0.109. The highest BCUT2D eigenvalue weighted by Crippen LogP contribution is 2.17. The number of carbonyl (C=O) groups excluding carboxylic acids is 2. The monoisotopic (exact) mass is 436 g/mol. The van der Waals surface area contributed by atoms with Crippen LogP contribution in [0, 0.1) is 10.1 Å². The summed E-state index contributed by atoms with van der Waals surface area (Å²) in [6.45, 7) is 1.26. The Balaban J connectivity index is 0.000000311. The number of carbonyl (C=O) groups is 2. The van der Waals surface area contributed by atoms with Crippen molar-refractivity contribution in [1.82, 2.24) is 5.48 Å². The van der Waals surface area contributed by atoms with Crippen LogP contribution >= 0.6 is 0 Å². The van der Waals surface area contributed by atoms with Gasteiger partial charge in [-0.1, -0.05) is 30.3 Å². The first-order valence-electron chi connectivity index (χ1n) is 9.12. The van der Waals surface area contributed by atoms with Crippen LogP contribution < -0.4 is 10.2 Å². The summed E-state index contributed by atoms with van der Waals surface area (Å²) in [4.78, 5) is 35.3. The van der Waals surface area contributed by atoms with Gasteiger partial charge in [-0.3, -0.25) is 14.9 Å². The van der Waals surface area contributed by atoms with Gasteiger partial charge in [0.25, 0.3) is 5.69 Å². The predicted molar refractivity (Wildman–Crippen MR) is 108 cm³/mol. The van der Waals surface area contributed by atoms with Crippen LogP contribution in [0.1, 0.15) is 18.9 Å². The van der Waals surface area contributed by atoms with E-state index in [1.54, 1.807) is 0 Å². The van der Waals surface area contributed by atoms with Gasteiger partial charge >= 0.3 is 12.1 Å². The predicted octanol–water partition coefficient (Wildman–Crippen LogP) is 2.11. The molecule has 0 heterocycles. The first-order valence-corrected chi connectivity index (χ1v) is 9.12. The summed E-state index contributed by atoms with van der Waals surface area (Å²) in [5.41, 5.74) is 2.70. The Morgan fingerprint density at radius 2 is 1.77 bits per heavy atom. The second-order valence-electron chi connectivity index (χ2n) is 5.98. The second kappa shape index (κ2) is 14.3. The summed E-state index contributed by atoms with van der Waals surface area (Å²) in [6, 6.07) is 14.8. The number of aliphatic hydroxyl groups excluding tert-OH is 2. The standard InChI is InChI=1S/C10H13NO5.C10H11NO4/c12-7-9(13)5-6-16-10-3-1-8(2-4-10)11(14)15;1-8(12)15-11-10(13)14-7-9-5-3-2-4-6-9/h1-4,9,12-13H,5-7H2;2-6H,7H2,1H3,(H,11,13). The van der Waals surface area contributed by atoms with Crippen LogP contribution in [0.4, 0.5) is 10.5 Å². The van der Waals surface area contributed by atoms with Gasteiger partial charge in [0.2, 0.25) is 0 Å². The number of nitrogens with zero attached hydrogens (tertiary/aromatic N) is 1. The highest BCUT2D eigenvalue weighted by Gasteiger charge is 2.06. The van der Waals surface area contributed by atoms with E-state index in [9.17, 15) is 19.7 Å². The molecule has 0 aromatic heterocycles. The number of hydrogen-bond acceptors (Lipinski definition) is 9. The average molecular weight is 436 g/mol. The molecule has 0 aliphatic rings. The van der Waals surface area contributed by atoms with Crippen LogP contribution in [0.15, 0.2) is 54.6 Å². The molecule has 0 aliphatic heterocycles. The number of rotatable bonds is 8. The molecular weight excluding hydrogens is 412 g/mol. The number of hydroxylamine groups is 1. The van der Waals surface area contributed by atoms with Crippen molar-refractivity contribution in [3.05, 3.63) is 70.3 Å². The maximum atomic E-state index is 10.9. The van der Waals surface area contributed by atoms with Gasteiger partial charge in [-0.25, -0.2) is 4.79 Å². The number of benzene rings is 2. The highest BCUT2D eigenvalue weighted by molar-refractivity contribution is 5.71. The van der Waals surface area contributed by atoms with Gasteiger partial charge < -0.3 is 24.5 Å². The maximum Gasteiger partial charge on any atom is 0.441 e. The zero-order valence-electron chi connectivity index (χ0n) is 16.8. The lowest BCUT2D eigenvalue weighted by molar-refractivity contribution is -0.384. The molecule has 3 N–H and O–H groups in total. The Labute approximate surface area is 178 Å². The van der Waals surface area contributed by atoms with Gasteiger partial charge in [0, 0.05) is 25.5 Å². The topological polar surface area (TPSA) is 157 Å². The molecule has 1 unspecified atom stereocenters. The van der Waals surface area contributed by atoms with Crippen molar-refractivity contribution in [3.8, 4) is 5.75 Å². The van der Waals surface area contributed by atoms with Crippen LogP contribution in [0.25, 0.3) is 0 Å². The Morgan fingerprint density at radius 1 is 1.13 bits per heavy atom. The van der Waals surface area contributed by atoms with Crippen LogP contribution in [0.5, 0.6) is 5.75 Å². The number of hydrogen-bond donors (Lipinski definition) is 3. The molecule has 11 heteroatoms. The molecule has 0 saturated carbocycles. The molecule has 0 radical (unpaired) electrons. The van der Waals surface area contributed by atoms with E-state index in [0.717, 1.165) is 5.56 Å². The fraction of sp³-hybridized carbons (Fsp3) is 0.300. The van der Waals surface area contributed by atoms with Crippen molar-refractivity contribution < 1.29 is 39.0 Å². The minimum absolute atomic E-state index is 0.00254. The van der Waals surface area contributed by atoms with Crippen LogP contribution in [0.2, 0.25) is 0 Å². The molecule has 2 aromatic rings. The first-order chi connectivity index (χ1) is 14.8. The van der Waals surface area contributed by atoms with E-state index < -0.39 is 23.1 Å². The first kappa shape index (κ1) is 25.3. The molecule has 0 spiro atoms. The Morgan fingerprint density at radius 3 is 2.32 bits per heavy atom. The molecule has 31 heavy (non-hydrogen) atoms. The average Bonchev–Trinajstić information content (AvgIpc) is 2.77. The van der Waals surface area contributed by atoms with E-state index in [2.05, 4.69) is 4.84 Å². The number of non-ortho nitro benzene ring substituents is 1. The number of nitrogens with one attached hydrogen (secondary N) is 1. The number of ether oxygens (including phenoxy) is 2. The normalized spacial score (nSPS) is 10.7. The van der Waals surface area contributed by atoms with Crippen molar-refractivity contribution in [2.24, 2.45) is 0 Å². The Bertz CT molecular complexity index is 813. The lowest BCUT2D eigenvalue weighted by atomic mass is 10.2. The molecule has 1 amide bonds. The van der Waals surface area contributed by atoms with Gasteiger partial charge in [-0.2, -0.15) is 0 Å². The zero-order chi connectivity index (χ0) is 23.1. The lowest BCUT2D eigenvalue weighted by Crippen LogP contribution is -2.26. The fourth-order valence-electron chi connectivity index (χ4n) is 1.93. The molecule has 0 saturated heterocycles. The number of nitro benzene ring substituents is 1. The molecule has 0 bridgehead atoms. The van der Waals surface area contributed by atoms with Crippen LogP contribution in [-0.4, -0.2) is 46.5 Å². The molecule has 11 nitrogen and oxygen atoms in total. The van der Waals surface area contributed by atoms with Crippen molar-refractivity contribution >= 4 is 17.7 Å². The Kier molecular flexibility index (Phi) is 11.7. The van der Waals surface area contributed by atoms with E-state index >= 15 is 0 Å². The Hall–Kier alpha value is -3.70. The number of nitro groups is 1. The van der Waals surface area contributed by atoms with Gasteiger partial charge in [0.05, 0.1) is 24.2 Å². The van der Waals surface area contributed by atoms with Gasteiger partial charge in [-0.05, 0) is 17.7 Å². The third-order valence-corrected chi connectivity index (χ3v) is 3.47. The second-order valence-corrected chi connectivity index (χ2v) is 5.98. The highest BCUT2D eigenvalue weighted by atomic mass is 16.7. The molecule has 2 aromatic carbocycles. The minimum atomic E-state index is -0.797.